The first-order chi connectivity index (χ1) is 7.96. The van der Waals surface area contributed by atoms with E-state index >= 15 is 0 Å². The molecule has 1 aromatic rings. The molecule has 0 spiro atoms. The van der Waals surface area contributed by atoms with Gasteiger partial charge in [-0.1, -0.05) is 0 Å². The van der Waals surface area contributed by atoms with Crippen LogP contribution in [0.25, 0.3) is 0 Å². The van der Waals surface area contributed by atoms with Gasteiger partial charge in [0.05, 0.1) is 12.1 Å². The summed E-state index contributed by atoms with van der Waals surface area (Å²) in [5, 5.41) is 13.6. The monoisotopic (exact) mass is 254 g/mol. The van der Waals surface area contributed by atoms with Crippen LogP contribution in [0.5, 0.6) is 0 Å². The Bertz CT molecular complexity index is 381. The Hall–Kier alpha value is -0.910. The van der Waals surface area contributed by atoms with Gasteiger partial charge in [0.2, 0.25) is 5.91 Å². The van der Waals surface area contributed by atoms with Gasteiger partial charge >= 0.3 is 0 Å². The molecule has 94 valence electrons. The second kappa shape index (κ2) is 4.76. The summed E-state index contributed by atoms with van der Waals surface area (Å²) in [7, 11) is 1.82. The molecule has 1 aliphatic heterocycles. The van der Waals surface area contributed by atoms with Crippen LogP contribution in [0.2, 0.25) is 0 Å². The molecule has 1 fully saturated rings. The van der Waals surface area contributed by atoms with Crippen molar-refractivity contribution >= 4 is 17.2 Å². The molecule has 1 saturated heterocycles. The van der Waals surface area contributed by atoms with Crippen LogP contribution in [0.1, 0.15) is 12.5 Å². The van der Waals surface area contributed by atoms with Gasteiger partial charge in [0, 0.05) is 26.7 Å². The lowest BCUT2D eigenvalue weighted by Crippen LogP contribution is -2.61. The van der Waals surface area contributed by atoms with Crippen molar-refractivity contribution in [1.29, 1.82) is 0 Å². The number of β-amino-alcohol motifs (C(OH)–C–C–N with tert-alkyl or cyclic N) is 1. The van der Waals surface area contributed by atoms with Crippen LogP contribution >= 0.6 is 11.3 Å². The molecule has 0 atom stereocenters. The van der Waals surface area contributed by atoms with Crippen molar-refractivity contribution in [3.05, 3.63) is 22.4 Å². The van der Waals surface area contributed by atoms with Gasteiger partial charge < -0.3 is 10.0 Å². The zero-order valence-corrected chi connectivity index (χ0v) is 11.0. The molecule has 17 heavy (non-hydrogen) atoms. The molecule has 0 aromatic carbocycles. The maximum absolute atomic E-state index is 11.9. The second-order valence-corrected chi connectivity index (χ2v) is 5.80. The molecule has 0 saturated carbocycles. The van der Waals surface area contributed by atoms with Crippen LogP contribution in [-0.4, -0.2) is 53.1 Å². The first-order valence-electron chi connectivity index (χ1n) is 5.66. The molecule has 0 bridgehead atoms. The van der Waals surface area contributed by atoms with Gasteiger partial charge in [-0.2, -0.15) is 11.3 Å². The minimum absolute atomic E-state index is 0.103. The van der Waals surface area contributed by atoms with E-state index in [0.717, 1.165) is 0 Å². The summed E-state index contributed by atoms with van der Waals surface area (Å²) >= 11 is 1.64. The van der Waals surface area contributed by atoms with E-state index in [2.05, 4.69) is 5.38 Å². The molecule has 0 radical (unpaired) electrons. The molecule has 2 rings (SSSR count). The lowest BCUT2D eigenvalue weighted by Gasteiger charge is -2.44. The third kappa shape index (κ3) is 3.28. The summed E-state index contributed by atoms with van der Waals surface area (Å²) in [5.74, 6) is 0.103. The summed E-state index contributed by atoms with van der Waals surface area (Å²) in [6, 6.07) is 2.03. The molecule has 4 nitrogen and oxygen atoms in total. The quantitative estimate of drug-likeness (QED) is 0.863. The molecule has 0 unspecified atom stereocenters. The molecular weight excluding hydrogens is 236 g/mol. The topological polar surface area (TPSA) is 43.8 Å². The second-order valence-electron chi connectivity index (χ2n) is 5.02. The maximum Gasteiger partial charge on any atom is 0.236 e. The summed E-state index contributed by atoms with van der Waals surface area (Å²) in [6.07, 6.45) is 0. The van der Waals surface area contributed by atoms with Crippen molar-refractivity contribution in [3.63, 3.8) is 0 Å². The highest BCUT2D eigenvalue weighted by atomic mass is 32.1. The van der Waals surface area contributed by atoms with E-state index in [9.17, 15) is 9.90 Å². The maximum atomic E-state index is 11.9. The van der Waals surface area contributed by atoms with Crippen LogP contribution in [0.15, 0.2) is 16.8 Å². The molecule has 1 aliphatic rings. The first-order valence-corrected chi connectivity index (χ1v) is 6.60. The molecule has 1 N–H and O–H groups in total. The fourth-order valence-electron chi connectivity index (χ4n) is 2.09. The number of amides is 1. The normalized spacial score (nSPS) is 18.8. The Kier molecular flexibility index (Phi) is 3.51. The number of aliphatic hydroxyl groups is 1. The number of carbonyl (C=O) groups excluding carboxylic acids is 1. The predicted octanol–water partition coefficient (Wildman–Crippen LogP) is 0.773. The van der Waals surface area contributed by atoms with Gasteiger partial charge in [0.25, 0.3) is 0 Å². The summed E-state index contributed by atoms with van der Waals surface area (Å²) in [5.41, 5.74) is 0.563. The van der Waals surface area contributed by atoms with E-state index in [-0.39, 0.29) is 5.91 Å². The van der Waals surface area contributed by atoms with Crippen LogP contribution < -0.4 is 0 Å². The number of hydrogen-bond donors (Lipinski definition) is 1. The largest absolute Gasteiger partial charge is 0.388 e. The van der Waals surface area contributed by atoms with Crippen molar-refractivity contribution in [1.82, 2.24) is 9.80 Å². The van der Waals surface area contributed by atoms with Crippen molar-refractivity contribution in [2.24, 2.45) is 0 Å². The van der Waals surface area contributed by atoms with Gasteiger partial charge in [-0.25, -0.2) is 0 Å². The summed E-state index contributed by atoms with van der Waals surface area (Å²) in [4.78, 5) is 15.6. The fraction of sp³-hybridized carbons (Fsp3) is 0.583. The van der Waals surface area contributed by atoms with Crippen LogP contribution in [-0.2, 0) is 11.3 Å². The van der Waals surface area contributed by atoms with E-state index in [1.54, 1.807) is 23.2 Å². The van der Waals surface area contributed by atoms with Crippen molar-refractivity contribution < 1.29 is 9.90 Å². The molecule has 0 aliphatic carbocycles. The van der Waals surface area contributed by atoms with Crippen LogP contribution in [0.3, 0.4) is 0 Å². The number of hydrogen-bond acceptors (Lipinski definition) is 4. The van der Waals surface area contributed by atoms with Gasteiger partial charge in [0.1, 0.15) is 0 Å². The fourth-order valence-corrected chi connectivity index (χ4v) is 2.75. The predicted molar refractivity (Wildman–Crippen MR) is 67.9 cm³/mol. The Morgan fingerprint density at radius 1 is 1.65 bits per heavy atom. The van der Waals surface area contributed by atoms with Crippen molar-refractivity contribution in [2.75, 3.05) is 26.7 Å². The van der Waals surface area contributed by atoms with Crippen molar-refractivity contribution in [3.8, 4) is 0 Å². The minimum Gasteiger partial charge on any atom is -0.388 e. The molecule has 5 heteroatoms. The van der Waals surface area contributed by atoms with Gasteiger partial charge in [-0.05, 0) is 29.3 Å². The SMILES string of the molecule is CN(Cc1ccsc1)C(=O)CN1CC(C)(O)C1. The highest BCUT2D eigenvalue weighted by molar-refractivity contribution is 7.07. The summed E-state index contributed by atoms with van der Waals surface area (Å²) in [6.45, 7) is 4.03. The van der Waals surface area contributed by atoms with E-state index in [1.807, 2.05) is 23.4 Å². The minimum atomic E-state index is -0.605. The zero-order chi connectivity index (χ0) is 12.5. The smallest absolute Gasteiger partial charge is 0.236 e. The highest BCUT2D eigenvalue weighted by Gasteiger charge is 2.37. The third-order valence-corrected chi connectivity index (χ3v) is 3.64. The van der Waals surface area contributed by atoms with Gasteiger partial charge in [-0.15, -0.1) is 0 Å². The van der Waals surface area contributed by atoms with Gasteiger partial charge in [-0.3, -0.25) is 9.69 Å². The van der Waals surface area contributed by atoms with Crippen LogP contribution in [0.4, 0.5) is 0 Å². The zero-order valence-electron chi connectivity index (χ0n) is 10.2. The Balaban J connectivity index is 1.76. The summed E-state index contributed by atoms with van der Waals surface area (Å²) < 4.78 is 0. The van der Waals surface area contributed by atoms with Crippen LogP contribution in [0, 0.1) is 0 Å². The Morgan fingerprint density at radius 3 is 2.88 bits per heavy atom. The molecule has 2 heterocycles. The molecule has 1 aromatic heterocycles. The lowest BCUT2D eigenvalue weighted by atomic mass is 9.97. The third-order valence-electron chi connectivity index (χ3n) is 2.91. The molecular formula is C12H18N2O2S. The lowest BCUT2D eigenvalue weighted by molar-refractivity contribution is -0.139. The number of carbonyl (C=O) groups is 1. The Labute approximate surface area is 105 Å². The number of likely N-dealkylation sites (N-methyl/N-ethyl adjacent to an activating group) is 1. The van der Waals surface area contributed by atoms with E-state index in [0.29, 0.717) is 26.2 Å². The number of likely N-dealkylation sites (tertiary alicyclic amines) is 1. The van der Waals surface area contributed by atoms with E-state index < -0.39 is 5.60 Å². The standard InChI is InChI=1S/C12H18N2O2S/c1-12(16)8-14(9-12)6-11(15)13(2)5-10-3-4-17-7-10/h3-4,7,16H,5-6,8-9H2,1-2H3. The number of rotatable bonds is 4. The highest BCUT2D eigenvalue weighted by Crippen LogP contribution is 2.19. The average Bonchev–Trinajstić information content (AvgIpc) is 2.67. The van der Waals surface area contributed by atoms with Crippen molar-refractivity contribution in [2.45, 2.75) is 19.1 Å². The van der Waals surface area contributed by atoms with E-state index in [4.69, 9.17) is 0 Å². The van der Waals surface area contributed by atoms with Gasteiger partial charge in [0.15, 0.2) is 0 Å². The molecule has 1 amide bonds. The number of nitrogens with zero attached hydrogens (tertiary/aromatic N) is 2. The Morgan fingerprint density at radius 2 is 2.35 bits per heavy atom. The number of thiophene rings is 1. The first kappa shape index (κ1) is 12.5. The average molecular weight is 254 g/mol. The van der Waals surface area contributed by atoms with E-state index in [1.165, 1.54) is 5.56 Å².